The minimum absolute atomic E-state index is 0.196. The SMILES string of the molecule is Cc1cc(N2CCN(S(=O)(=O)Cc3ccccc3F)CC2)nc(N2CCOCC2)n1. The van der Waals surface area contributed by atoms with Gasteiger partial charge >= 0.3 is 0 Å². The number of hydrogen-bond donors (Lipinski definition) is 0. The Morgan fingerprint density at radius 3 is 2.40 bits per heavy atom. The van der Waals surface area contributed by atoms with E-state index < -0.39 is 15.8 Å². The Morgan fingerprint density at radius 1 is 1.00 bits per heavy atom. The normalized spacial score (nSPS) is 18.6. The summed E-state index contributed by atoms with van der Waals surface area (Å²) in [6.45, 7) is 6.49. The number of aryl methyl sites for hydroxylation is 1. The zero-order valence-electron chi connectivity index (χ0n) is 17.0. The summed E-state index contributed by atoms with van der Waals surface area (Å²) in [5, 5.41) is 0. The first kappa shape index (κ1) is 21.0. The van der Waals surface area contributed by atoms with E-state index in [1.165, 1.54) is 16.4 Å². The third-order valence-electron chi connectivity index (χ3n) is 5.37. The number of anilines is 2. The largest absolute Gasteiger partial charge is 0.378 e. The molecular formula is C20H26FN5O3S. The zero-order chi connectivity index (χ0) is 21.1. The summed E-state index contributed by atoms with van der Waals surface area (Å²) in [6.07, 6.45) is 0. The summed E-state index contributed by atoms with van der Waals surface area (Å²) in [5.41, 5.74) is 1.07. The monoisotopic (exact) mass is 435 g/mol. The Hall–Kier alpha value is -2.30. The predicted octanol–water partition coefficient (Wildman–Crippen LogP) is 1.41. The zero-order valence-corrected chi connectivity index (χ0v) is 17.8. The van der Waals surface area contributed by atoms with Gasteiger partial charge < -0.3 is 14.5 Å². The molecule has 0 radical (unpaired) electrons. The molecule has 0 atom stereocenters. The van der Waals surface area contributed by atoms with Crippen LogP contribution in [0.5, 0.6) is 0 Å². The van der Waals surface area contributed by atoms with Crippen LogP contribution >= 0.6 is 0 Å². The highest BCUT2D eigenvalue weighted by atomic mass is 32.2. The highest BCUT2D eigenvalue weighted by Crippen LogP contribution is 2.22. The molecule has 0 spiro atoms. The van der Waals surface area contributed by atoms with Gasteiger partial charge in [-0.1, -0.05) is 18.2 Å². The van der Waals surface area contributed by atoms with E-state index >= 15 is 0 Å². The molecule has 2 aromatic rings. The molecule has 0 aliphatic carbocycles. The molecule has 0 saturated carbocycles. The van der Waals surface area contributed by atoms with Gasteiger partial charge in [-0.2, -0.15) is 9.29 Å². The van der Waals surface area contributed by atoms with Crippen molar-refractivity contribution in [1.29, 1.82) is 0 Å². The van der Waals surface area contributed by atoms with Gasteiger partial charge in [0.15, 0.2) is 0 Å². The standard InChI is InChI=1S/C20H26FN5O3S/c1-16-14-19(23-20(22-16)25-10-12-29-13-11-25)24-6-8-26(9-7-24)30(27,28)15-17-4-2-3-5-18(17)21/h2-5,14H,6-13,15H2,1H3. The summed E-state index contributed by atoms with van der Waals surface area (Å²) < 4.78 is 46.2. The number of aromatic nitrogens is 2. The molecule has 2 aliphatic heterocycles. The van der Waals surface area contributed by atoms with Crippen molar-refractivity contribution in [3.05, 3.63) is 47.4 Å². The highest BCUT2D eigenvalue weighted by Gasteiger charge is 2.29. The van der Waals surface area contributed by atoms with Gasteiger partial charge in [-0.25, -0.2) is 17.8 Å². The lowest BCUT2D eigenvalue weighted by Gasteiger charge is -2.35. The van der Waals surface area contributed by atoms with Gasteiger partial charge in [0.2, 0.25) is 16.0 Å². The number of ether oxygens (including phenoxy) is 1. The third-order valence-corrected chi connectivity index (χ3v) is 7.20. The number of nitrogens with zero attached hydrogens (tertiary/aromatic N) is 5. The van der Waals surface area contributed by atoms with Crippen molar-refractivity contribution in [2.24, 2.45) is 0 Å². The average Bonchev–Trinajstić information content (AvgIpc) is 2.75. The summed E-state index contributed by atoms with van der Waals surface area (Å²) in [4.78, 5) is 13.5. The number of rotatable bonds is 5. The molecule has 0 N–H and O–H groups in total. The van der Waals surface area contributed by atoms with E-state index in [0.717, 1.165) is 24.6 Å². The minimum atomic E-state index is -3.59. The van der Waals surface area contributed by atoms with Crippen molar-refractivity contribution in [3.63, 3.8) is 0 Å². The van der Waals surface area contributed by atoms with Crippen LogP contribution < -0.4 is 9.80 Å². The average molecular weight is 436 g/mol. The van der Waals surface area contributed by atoms with E-state index in [1.54, 1.807) is 12.1 Å². The Balaban J connectivity index is 1.43. The molecule has 10 heteroatoms. The van der Waals surface area contributed by atoms with Crippen LogP contribution in [0.15, 0.2) is 30.3 Å². The summed E-state index contributed by atoms with van der Waals surface area (Å²) in [5.74, 6) is 0.665. The maximum Gasteiger partial charge on any atom is 0.227 e. The lowest BCUT2D eigenvalue weighted by molar-refractivity contribution is 0.122. The molecule has 2 fully saturated rings. The van der Waals surface area contributed by atoms with Crippen LogP contribution in [0.25, 0.3) is 0 Å². The molecule has 8 nitrogen and oxygen atoms in total. The highest BCUT2D eigenvalue weighted by molar-refractivity contribution is 7.88. The van der Waals surface area contributed by atoms with Gasteiger partial charge in [0.05, 0.1) is 19.0 Å². The molecule has 3 heterocycles. The van der Waals surface area contributed by atoms with Gasteiger partial charge in [-0.3, -0.25) is 0 Å². The Morgan fingerprint density at radius 2 is 1.70 bits per heavy atom. The van der Waals surface area contributed by atoms with Crippen LogP contribution in [0, 0.1) is 12.7 Å². The molecule has 0 unspecified atom stereocenters. The maximum atomic E-state index is 13.9. The molecule has 1 aromatic carbocycles. The van der Waals surface area contributed by atoms with E-state index in [9.17, 15) is 12.8 Å². The number of halogens is 1. The van der Waals surface area contributed by atoms with Gasteiger partial charge in [0, 0.05) is 56.6 Å². The fourth-order valence-electron chi connectivity index (χ4n) is 3.70. The van der Waals surface area contributed by atoms with E-state index in [-0.39, 0.29) is 11.3 Å². The minimum Gasteiger partial charge on any atom is -0.378 e. The van der Waals surface area contributed by atoms with Crippen molar-refractivity contribution in [2.45, 2.75) is 12.7 Å². The van der Waals surface area contributed by atoms with Crippen molar-refractivity contribution in [2.75, 3.05) is 62.3 Å². The van der Waals surface area contributed by atoms with Gasteiger partial charge in [-0.15, -0.1) is 0 Å². The van der Waals surface area contributed by atoms with Crippen molar-refractivity contribution >= 4 is 21.8 Å². The number of benzene rings is 1. The number of sulfonamides is 1. The smallest absolute Gasteiger partial charge is 0.227 e. The van der Waals surface area contributed by atoms with E-state index in [4.69, 9.17) is 9.72 Å². The quantitative estimate of drug-likeness (QED) is 0.703. The Labute approximate surface area is 176 Å². The second kappa shape index (κ2) is 8.83. The first-order valence-corrected chi connectivity index (χ1v) is 11.7. The molecule has 0 amide bonds. The van der Waals surface area contributed by atoms with E-state index in [2.05, 4.69) is 14.8 Å². The number of piperazine rings is 1. The second-order valence-electron chi connectivity index (χ2n) is 7.50. The van der Waals surface area contributed by atoms with Crippen molar-refractivity contribution < 1.29 is 17.5 Å². The topological polar surface area (TPSA) is 78.9 Å². The van der Waals surface area contributed by atoms with E-state index in [0.29, 0.717) is 45.3 Å². The fraction of sp³-hybridized carbons (Fsp3) is 0.500. The van der Waals surface area contributed by atoms with Crippen LogP contribution in [-0.2, 0) is 20.5 Å². The van der Waals surface area contributed by atoms with Gasteiger partial charge in [-0.05, 0) is 13.0 Å². The van der Waals surface area contributed by atoms with Crippen LogP contribution in [0.2, 0.25) is 0 Å². The van der Waals surface area contributed by atoms with Crippen LogP contribution in [0.1, 0.15) is 11.3 Å². The second-order valence-corrected chi connectivity index (χ2v) is 9.47. The first-order valence-electron chi connectivity index (χ1n) is 10.1. The van der Waals surface area contributed by atoms with Crippen LogP contribution in [0.3, 0.4) is 0 Å². The number of hydrogen-bond acceptors (Lipinski definition) is 7. The predicted molar refractivity (Wildman–Crippen MR) is 113 cm³/mol. The van der Waals surface area contributed by atoms with Crippen molar-refractivity contribution in [1.82, 2.24) is 14.3 Å². The molecule has 4 rings (SSSR count). The van der Waals surface area contributed by atoms with E-state index in [1.807, 2.05) is 13.0 Å². The molecule has 1 aromatic heterocycles. The van der Waals surface area contributed by atoms with Gasteiger partial charge in [0.1, 0.15) is 11.6 Å². The van der Waals surface area contributed by atoms with Gasteiger partial charge in [0.25, 0.3) is 0 Å². The lowest BCUT2D eigenvalue weighted by atomic mass is 10.2. The first-order chi connectivity index (χ1) is 14.4. The third kappa shape index (κ3) is 4.71. The fourth-order valence-corrected chi connectivity index (χ4v) is 5.23. The summed E-state index contributed by atoms with van der Waals surface area (Å²) in [6, 6.07) is 7.92. The molecular weight excluding hydrogens is 409 g/mol. The lowest BCUT2D eigenvalue weighted by Crippen LogP contribution is -2.49. The number of morpholine rings is 1. The summed E-state index contributed by atoms with van der Waals surface area (Å²) >= 11 is 0. The molecule has 2 aliphatic rings. The molecule has 2 saturated heterocycles. The molecule has 162 valence electrons. The summed E-state index contributed by atoms with van der Waals surface area (Å²) in [7, 11) is -3.59. The van der Waals surface area contributed by atoms with Crippen LogP contribution in [-0.4, -0.2) is 75.2 Å². The maximum absolute atomic E-state index is 13.9. The molecule has 0 bridgehead atoms. The Bertz CT molecular complexity index is 990. The van der Waals surface area contributed by atoms with Crippen LogP contribution in [0.4, 0.5) is 16.2 Å². The Kier molecular flexibility index (Phi) is 6.16. The molecule has 30 heavy (non-hydrogen) atoms. The van der Waals surface area contributed by atoms with Crippen molar-refractivity contribution in [3.8, 4) is 0 Å².